The normalized spacial score (nSPS) is 14.4. The first-order valence-corrected chi connectivity index (χ1v) is 13.0. The predicted molar refractivity (Wildman–Crippen MR) is 136 cm³/mol. The molecule has 1 amide bonds. The highest BCUT2D eigenvalue weighted by Crippen LogP contribution is 2.30. The fourth-order valence-electron chi connectivity index (χ4n) is 4.12. The molecule has 3 aromatic rings. The van der Waals surface area contributed by atoms with Crippen molar-refractivity contribution in [2.24, 2.45) is 0 Å². The third-order valence-electron chi connectivity index (χ3n) is 5.90. The maximum Gasteiger partial charge on any atom is 0.235 e. The lowest BCUT2D eigenvalue weighted by molar-refractivity contribution is -0.115. The minimum atomic E-state index is -3.25. The van der Waals surface area contributed by atoms with Crippen LogP contribution < -0.4 is 14.4 Å². The average Bonchev–Trinajstić information content (AvgIpc) is 3.16. The van der Waals surface area contributed by atoms with Gasteiger partial charge >= 0.3 is 0 Å². The van der Waals surface area contributed by atoms with Crippen molar-refractivity contribution in [3.8, 4) is 17.6 Å². The molecule has 1 heterocycles. The molecule has 0 aliphatic carbocycles. The van der Waals surface area contributed by atoms with Crippen molar-refractivity contribution in [2.45, 2.75) is 33.6 Å². The van der Waals surface area contributed by atoms with Crippen molar-refractivity contribution in [2.75, 3.05) is 21.9 Å². The van der Waals surface area contributed by atoms with Gasteiger partial charge in [-0.05, 0) is 91.9 Å². The van der Waals surface area contributed by atoms with E-state index in [1.54, 1.807) is 30.3 Å². The van der Waals surface area contributed by atoms with E-state index < -0.39 is 10.0 Å². The molecule has 7 nitrogen and oxygen atoms in total. The molecule has 0 saturated carbocycles. The molecule has 0 atom stereocenters. The number of benzene rings is 3. The Kier molecular flexibility index (Phi) is 6.81. The molecule has 1 N–H and O–H groups in total. The molecular weight excluding hydrogens is 462 g/mol. The number of aryl methyl sites for hydroxylation is 3. The minimum absolute atomic E-state index is 0.148. The maximum atomic E-state index is 12.8. The molecule has 180 valence electrons. The van der Waals surface area contributed by atoms with E-state index in [-0.39, 0.29) is 18.1 Å². The van der Waals surface area contributed by atoms with Gasteiger partial charge in [-0.25, -0.2) is 8.42 Å². The molecule has 1 aliphatic rings. The van der Waals surface area contributed by atoms with Crippen LogP contribution in [0.15, 0.2) is 54.6 Å². The number of rotatable bonds is 6. The molecule has 0 bridgehead atoms. The Bertz CT molecular complexity index is 1440. The van der Waals surface area contributed by atoms with E-state index in [9.17, 15) is 18.5 Å². The Morgan fingerprint density at radius 1 is 1.06 bits per heavy atom. The van der Waals surface area contributed by atoms with Gasteiger partial charge in [0.1, 0.15) is 11.5 Å². The van der Waals surface area contributed by atoms with E-state index in [0.29, 0.717) is 41.4 Å². The van der Waals surface area contributed by atoms with E-state index in [0.717, 1.165) is 22.3 Å². The molecule has 0 aromatic heterocycles. The van der Waals surface area contributed by atoms with Crippen molar-refractivity contribution < 1.29 is 17.9 Å². The van der Waals surface area contributed by atoms with Crippen LogP contribution in [0.2, 0.25) is 0 Å². The van der Waals surface area contributed by atoms with Crippen molar-refractivity contribution in [1.29, 1.82) is 5.26 Å². The second kappa shape index (κ2) is 9.80. The smallest absolute Gasteiger partial charge is 0.235 e. The highest BCUT2D eigenvalue weighted by atomic mass is 32.2. The molecule has 0 unspecified atom stereocenters. The van der Waals surface area contributed by atoms with E-state index in [1.165, 1.54) is 4.31 Å². The molecule has 1 fully saturated rings. The van der Waals surface area contributed by atoms with Crippen LogP contribution in [0, 0.1) is 32.1 Å². The second-order valence-electron chi connectivity index (χ2n) is 8.81. The summed E-state index contributed by atoms with van der Waals surface area (Å²) in [6.45, 7) is 6.15. The number of sulfonamides is 1. The van der Waals surface area contributed by atoms with E-state index in [4.69, 9.17) is 4.74 Å². The summed E-state index contributed by atoms with van der Waals surface area (Å²) in [6, 6.07) is 18.3. The molecule has 35 heavy (non-hydrogen) atoms. The lowest BCUT2D eigenvalue weighted by Gasteiger charge is -2.18. The van der Waals surface area contributed by atoms with Crippen LogP contribution in [0.4, 0.5) is 11.4 Å². The van der Waals surface area contributed by atoms with Crippen LogP contribution in [0.25, 0.3) is 0 Å². The van der Waals surface area contributed by atoms with Crippen LogP contribution >= 0.6 is 0 Å². The lowest BCUT2D eigenvalue weighted by atomic mass is 10.1. The van der Waals surface area contributed by atoms with Crippen molar-refractivity contribution in [1.82, 2.24) is 0 Å². The van der Waals surface area contributed by atoms with Crippen LogP contribution in [0.3, 0.4) is 0 Å². The number of carbonyl (C=O) groups is 1. The summed E-state index contributed by atoms with van der Waals surface area (Å²) in [5, 5.41) is 12.1. The molecule has 1 saturated heterocycles. The highest BCUT2D eigenvalue weighted by molar-refractivity contribution is 7.93. The van der Waals surface area contributed by atoms with Gasteiger partial charge in [0.05, 0.1) is 29.5 Å². The van der Waals surface area contributed by atoms with E-state index in [1.807, 2.05) is 45.0 Å². The standard InChI is InChI=1S/C27H27N3O4S/c1-18-11-22(17-28)14-24(12-18)34-26-15-21(6-5-19(26)2)16-27(31)29-25-8-7-23(13-20(25)3)30-9-4-10-35(30,32)33/h5-8,11-15H,4,9-10,16H2,1-3H3,(H,29,31). The largest absolute Gasteiger partial charge is 0.457 e. The lowest BCUT2D eigenvalue weighted by Crippen LogP contribution is -2.25. The summed E-state index contributed by atoms with van der Waals surface area (Å²) in [4.78, 5) is 12.8. The van der Waals surface area contributed by atoms with Crippen molar-refractivity contribution >= 4 is 27.3 Å². The number of nitrogens with zero attached hydrogens (tertiary/aromatic N) is 2. The quantitative estimate of drug-likeness (QED) is 0.525. The van der Waals surface area contributed by atoms with Gasteiger partial charge in [0.25, 0.3) is 0 Å². The Hall–Kier alpha value is -3.83. The van der Waals surface area contributed by atoms with Gasteiger partial charge in [-0.2, -0.15) is 5.26 Å². The van der Waals surface area contributed by atoms with E-state index >= 15 is 0 Å². The Labute approximate surface area is 206 Å². The summed E-state index contributed by atoms with van der Waals surface area (Å²) in [6.07, 6.45) is 0.765. The van der Waals surface area contributed by atoms with Gasteiger partial charge in [-0.1, -0.05) is 12.1 Å². The summed E-state index contributed by atoms with van der Waals surface area (Å²) in [7, 11) is -3.25. The number of anilines is 2. The summed E-state index contributed by atoms with van der Waals surface area (Å²) >= 11 is 0. The third-order valence-corrected chi connectivity index (χ3v) is 7.77. The van der Waals surface area contributed by atoms with Gasteiger partial charge < -0.3 is 10.1 Å². The van der Waals surface area contributed by atoms with Gasteiger partial charge in [0.15, 0.2) is 0 Å². The summed E-state index contributed by atoms with van der Waals surface area (Å²) < 4.78 is 31.8. The zero-order valence-corrected chi connectivity index (χ0v) is 20.8. The second-order valence-corrected chi connectivity index (χ2v) is 10.8. The van der Waals surface area contributed by atoms with Crippen LogP contribution in [-0.4, -0.2) is 26.6 Å². The zero-order valence-electron chi connectivity index (χ0n) is 20.0. The van der Waals surface area contributed by atoms with Crippen molar-refractivity contribution in [3.05, 3.63) is 82.4 Å². The Morgan fingerprint density at radius 3 is 2.54 bits per heavy atom. The number of amides is 1. The average molecular weight is 490 g/mol. The SMILES string of the molecule is Cc1cc(C#N)cc(Oc2cc(CC(=O)Nc3ccc(N4CCCS4(=O)=O)cc3C)ccc2C)c1. The number of nitriles is 1. The maximum absolute atomic E-state index is 12.8. The third kappa shape index (κ3) is 5.64. The van der Waals surface area contributed by atoms with Gasteiger partial charge in [-0.3, -0.25) is 9.10 Å². The zero-order chi connectivity index (χ0) is 25.2. The first-order chi connectivity index (χ1) is 16.6. The molecule has 8 heteroatoms. The molecule has 3 aromatic carbocycles. The van der Waals surface area contributed by atoms with Gasteiger partial charge in [0, 0.05) is 12.2 Å². The molecule has 1 aliphatic heterocycles. The van der Waals surface area contributed by atoms with Gasteiger partial charge in [0.2, 0.25) is 15.9 Å². The number of hydrogen-bond acceptors (Lipinski definition) is 5. The van der Waals surface area contributed by atoms with Crippen LogP contribution in [0.5, 0.6) is 11.5 Å². The Balaban J connectivity index is 1.46. The Morgan fingerprint density at radius 2 is 1.86 bits per heavy atom. The number of ether oxygens (including phenoxy) is 1. The fraction of sp³-hybridized carbons (Fsp3) is 0.259. The molecule has 0 spiro atoms. The molecule has 0 radical (unpaired) electrons. The fourth-order valence-corrected chi connectivity index (χ4v) is 5.67. The molecule has 4 rings (SSSR count). The molecular formula is C27H27N3O4S. The highest BCUT2D eigenvalue weighted by Gasteiger charge is 2.28. The van der Waals surface area contributed by atoms with Crippen molar-refractivity contribution in [3.63, 3.8) is 0 Å². The first-order valence-electron chi connectivity index (χ1n) is 11.3. The number of hydrogen-bond donors (Lipinski definition) is 1. The van der Waals surface area contributed by atoms with Crippen LogP contribution in [0.1, 0.15) is 34.2 Å². The number of nitrogens with one attached hydrogen (secondary N) is 1. The topological polar surface area (TPSA) is 99.5 Å². The monoisotopic (exact) mass is 489 g/mol. The summed E-state index contributed by atoms with van der Waals surface area (Å²) in [5.41, 5.74) is 5.20. The minimum Gasteiger partial charge on any atom is -0.457 e. The predicted octanol–water partition coefficient (Wildman–Crippen LogP) is 5.00. The first kappa shape index (κ1) is 24.3. The van der Waals surface area contributed by atoms with E-state index in [2.05, 4.69) is 11.4 Å². The number of carbonyl (C=O) groups excluding carboxylic acids is 1. The summed E-state index contributed by atoms with van der Waals surface area (Å²) in [5.74, 6) is 1.17. The van der Waals surface area contributed by atoms with Crippen LogP contribution in [-0.2, 0) is 21.2 Å². The van der Waals surface area contributed by atoms with Gasteiger partial charge in [-0.15, -0.1) is 0 Å².